The number of hydrogen-bond donors (Lipinski definition) is 1. The predicted molar refractivity (Wildman–Crippen MR) is 68.0 cm³/mol. The van der Waals surface area contributed by atoms with Crippen LogP contribution in [0.3, 0.4) is 0 Å². The van der Waals surface area contributed by atoms with E-state index >= 15 is 0 Å². The van der Waals surface area contributed by atoms with E-state index < -0.39 is 6.10 Å². The van der Waals surface area contributed by atoms with E-state index in [-0.39, 0.29) is 0 Å². The summed E-state index contributed by atoms with van der Waals surface area (Å²) in [5.41, 5.74) is 1.03. The molecule has 1 N–H and O–H groups in total. The largest absolute Gasteiger partial charge is 0.392 e. The van der Waals surface area contributed by atoms with Gasteiger partial charge in [0.2, 0.25) is 0 Å². The molecule has 2 heterocycles. The van der Waals surface area contributed by atoms with Gasteiger partial charge >= 0.3 is 0 Å². The van der Waals surface area contributed by atoms with Gasteiger partial charge in [-0.2, -0.15) is 5.10 Å². The summed E-state index contributed by atoms with van der Waals surface area (Å²) in [6.45, 7) is 2.94. The highest BCUT2D eigenvalue weighted by molar-refractivity contribution is 5.10. The summed E-state index contributed by atoms with van der Waals surface area (Å²) in [5, 5.41) is 14.2. The van der Waals surface area contributed by atoms with Crippen molar-refractivity contribution in [1.82, 2.24) is 19.7 Å². The Kier molecular flexibility index (Phi) is 4.41. The molecule has 0 aliphatic carbocycles. The normalized spacial score (nSPS) is 12.6. The number of rotatable bonds is 6. The molecule has 0 aliphatic heterocycles. The van der Waals surface area contributed by atoms with Gasteiger partial charge in [-0.3, -0.25) is 9.67 Å². The Balaban J connectivity index is 1.94. The molecule has 0 radical (unpaired) electrons. The molecule has 0 saturated carbocycles. The molecule has 1 atom stereocenters. The van der Waals surface area contributed by atoms with Crippen LogP contribution >= 0.6 is 0 Å². The molecule has 0 aliphatic rings. The Labute approximate surface area is 107 Å². The average molecular weight is 246 g/mol. The van der Waals surface area contributed by atoms with Gasteiger partial charge in [-0.05, 0) is 18.1 Å². The molecule has 0 bridgehead atoms. The number of nitrogens with zero attached hydrogens (tertiary/aromatic N) is 4. The lowest BCUT2D eigenvalue weighted by Crippen LogP contribution is -2.18. The Morgan fingerprint density at radius 2 is 2.28 bits per heavy atom. The average Bonchev–Trinajstić information content (AvgIpc) is 2.78. The molecule has 0 aromatic carbocycles. The summed E-state index contributed by atoms with van der Waals surface area (Å²) in [6.07, 6.45) is 6.72. The second-order valence-corrected chi connectivity index (χ2v) is 4.32. The van der Waals surface area contributed by atoms with E-state index in [1.165, 1.54) is 0 Å². The van der Waals surface area contributed by atoms with Crippen molar-refractivity contribution < 1.29 is 5.11 Å². The van der Waals surface area contributed by atoms with E-state index in [1.807, 2.05) is 16.8 Å². The second kappa shape index (κ2) is 6.26. The lowest BCUT2D eigenvalue weighted by molar-refractivity contribution is 0.171. The molecule has 0 spiro atoms. The van der Waals surface area contributed by atoms with Gasteiger partial charge in [0.05, 0.1) is 6.10 Å². The third-order valence-electron chi connectivity index (χ3n) is 2.74. The molecule has 5 heteroatoms. The van der Waals surface area contributed by atoms with Crippen molar-refractivity contribution in [3.05, 3.63) is 42.2 Å². The standard InChI is InChI=1S/C13H18N4O/c1-2-6-17-13(15-10-16-17)8-12(18)7-11-4-3-5-14-9-11/h3-5,9-10,12,18H,2,6-8H2,1H3. The van der Waals surface area contributed by atoms with Crippen molar-refractivity contribution in [3.8, 4) is 0 Å². The fourth-order valence-electron chi connectivity index (χ4n) is 1.92. The predicted octanol–water partition coefficient (Wildman–Crippen LogP) is 1.23. The Morgan fingerprint density at radius 1 is 1.39 bits per heavy atom. The molecule has 2 aromatic heterocycles. The first kappa shape index (κ1) is 12.7. The minimum Gasteiger partial charge on any atom is -0.392 e. The number of aromatic nitrogens is 4. The minimum absolute atomic E-state index is 0.450. The summed E-state index contributed by atoms with van der Waals surface area (Å²) in [7, 11) is 0. The molecule has 2 aromatic rings. The molecule has 0 saturated heterocycles. The first-order chi connectivity index (χ1) is 8.79. The van der Waals surface area contributed by atoms with Crippen molar-refractivity contribution in [2.24, 2.45) is 0 Å². The van der Waals surface area contributed by atoms with Crippen molar-refractivity contribution in [2.45, 2.75) is 38.8 Å². The monoisotopic (exact) mass is 246 g/mol. The zero-order valence-corrected chi connectivity index (χ0v) is 10.5. The third-order valence-corrected chi connectivity index (χ3v) is 2.74. The molecule has 2 rings (SSSR count). The fraction of sp³-hybridized carbons (Fsp3) is 0.462. The molecule has 0 fully saturated rings. The van der Waals surface area contributed by atoms with Gasteiger partial charge in [0, 0.05) is 31.8 Å². The Bertz CT molecular complexity index is 469. The maximum absolute atomic E-state index is 10.1. The minimum atomic E-state index is -0.450. The summed E-state index contributed by atoms with van der Waals surface area (Å²) in [6, 6.07) is 3.84. The van der Waals surface area contributed by atoms with Crippen LogP contribution in [0.5, 0.6) is 0 Å². The summed E-state index contributed by atoms with van der Waals surface area (Å²) < 4.78 is 1.85. The van der Waals surface area contributed by atoms with Crippen LogP contribution in [-0.2, 0) is 19.4 Å². The topological polar surface area (TPSA) is 63.8 Å². The van der Waals surface area contributed by atoms with Gasteiger partial charge in [-0.15, -0.1) is 0 Å². The van der Waals surface area contributed by atoms with Crippen molar-refractivity contribution >= 4 is 0 Å². The molecular formula is C13H18N4O. The quantitative estimate of drug-likeness (QED) is 0.832. The number of aliphatic hydroxyl groups is 1. The number of hydrogen-bond acceptors (Lipinski definition) is 4. The highest BCUT2D eigenvalue weighted by atomic mass is 16.3. The van der Waals surface area contributed by atoms with E-state index in [0.29, 0.717) is 12.8 Å². The van der Waals surface area contributed by atoms with Crippen LogP contribution in [0.1, 0.15) is 24.7 Å². The maximum Gasteiger partial charge on any atom is 0.138 e. The third kappa shape index (κ3) is 3.37. The van der Waals surface area contributed by atoms with Crippen molar-refractivity contribution in [1.29, 1.82) is 0 Å². The van der Waals surface area contributed by atoms with E-state index in [1.54, 1.807) is 18.7 Å². The number of aliphatic hydroxyl groups excluding tert-OH is 1. The molecular weight excluding hydrogens is 228 g/mol. The van der Waals surface area contributed by atoms with Gasteiger partial charge in [-0.25, -0.2) is 4.98 Å². The van der Waals surface area contributed by atoms with Gasteiger partial charge in [0.15, 0.2) is 0 Å². The van der Waals surface area contributed by atoms with Gasteiger partial charge in [0.1, 0.15) is 12.2 Å². The Hall–Kier alpha value is -1.75. The molecule has 18 heavy (non-hydrogen) atoms. The molecule has 1 unspecified atom stereocenters. The van der Waals surface area contributed by atoms with Crippen LogP contribution in [-0.4, -0.2) is 31.0 Å². The molecule has 0 amide bonds. The van der Waals surface area contributed by atoms with Crippen molar-refractivity contribution in [2.75, 3.05) is 0 Å². The van der Waals surface area contributed by atoms with Gasteiger partial charge in [0.25, 0.3) is 0 Å². The van der Waals surface area contributed by atoms with Crippen LogP contribution in [0.25, 0.3) is 0 Å². The lowest BCUT2D eigenvalue weighted by atomic mass is 10.1. The van der Waals surface area contributed by atoms with Gasteiger partial charge in [-0.1, -0.05) is 13.0 Å². The smallest absolute Gasteiger partial charge is 0.138 e. The highest BCUT2D eigenvalue weighted by Gasteiger charge is 2.11. The summed E-state index contributed by atoms with van der Waals surface area (Å²) in [4.78, 5) is 8.23. The lowest BCUT2D eigenvalue weighted by Gasteiger charge is -2.10. The van der Waals surface area contributed by atoms with Crippen LogP contribution < -0.4 is 0 Å². The maximum atomic E-state index is 10.1. The SMILES string of the molecule is CCCn1ncnc1CC(O)Cc1cccnc1. The van der Waals surface area contributed by atoms with Crippen molar-refractivity contribution in [3.63, 3.8) is 0 Å². The van der Waals surface area contributed by atoms with Crippen LogP contribution in [0, 0.1) is 0 Å². The van der Waals surface area contributed by atoms with Crippen LogP contribution in [0.15, 0.2) is 30.9 Å². The fourth-order valence-corrected chi connectivity index (χ4v) is 1.92. The number of aryl methyl sites for hydroxylation is 1. The van der Waals surface area contributed by atoms with E-state index in [2.05, 4.69) is 22.0 Å². The van der Waals surface area contributed by atoms with Gasteiger partial charge < -0.3 is 5.11 Å². The molecule has 5 nitrogen and oxygen atoms in total. The zero-order valence-electron chi connectivity index (χ0n) is 10.5. The first-order valence-electron chi connectivity index (χ1n) is 6.23. The van der Waals surface area contributed by atoms with E-state index in [9.17, 15) is 5.11 Å². The number of pyridine rings is 1. The zero-order chi connectivity index (χ0) is 12.8. The highest BCUT2D eigenvalue weighted by Crippen LogP contribution is 2.06. The van der Waals surface area contributed by atoms with Crippen LogP contribution in [0.2, 0.25) is 0 Å². The van der Waals surface area contributed by atoms with E-state index in [4.69, 9.17) is 0 Å². The summed E-state index contributed by atoms with van der Waals surface area (Å²) in [5.74, 6) is 0.841. The summed E-state index contributed by atoms with van der Waals surface area (Å²) >= 11 is 0. The van der Waals surface area contributed by atoms with Crippen LogP contribution in [0.4, 0.5) is 0 Å². The second-order valence-electron chi connectivity index (χ2n) is 4.32. The Morgan fingerprint density at radius 3 is 3.00 bits per heavy atom. The first-order valence-corrected chi connectivity index (χ1v) is 6.23. The molecule has 96 valence electrons. The van der Waals surface area contributed by atoms with E-state index in [0.717, 1.165) is 24.4 Å².